The molecule has 4 aliphatic carbocycles. The molecule has 4 rings (SSSR count). The van der Waals surface area contributed by atoms with Crippen molar-refractivity contribution in [1.82, 2.24) is 0 Å². The Morgan fingerprint density at radius 2 is 0.818 bits per heavy atom. The fourth-order valence-electron chi connectivity index (χ4n) is 6.44. The Kier molecular flexibility index (Phi) is 4.30. The van der Waals surface area contributed by atoms with E-state index in [0.717, 1.165) is 0 Å². The summed E-state index contributed by atoms with van der Waals surface area (Å²) in [6.07, 6.45) is 22.8. The molecule has 2 unspecified atom stereocenters. The van der Waals surface area contributed by atoms with E-state index < -0.39 is 0 Å². The molecule has 4 fully saturated rings. The normalized spacial score (nSPS) is 37.5. The molecule has 0 aromatic carbocycles. The topological polar surface area (TPSA) is 24.7 Å². The van der Waals surface area contributed by atoms with Crippen molar-refractivity contribution >= 4 is 0 Å². The zero-order valence-corrected chi connectivity index (χ0v) is 14.4. The van der Waals surface area contributed by atoms with Crippen LogP contribution in [0.4, 0.5) is 0 Å². The Bertz CT molecular complexity index is 364. The van der Waals surface area contributed by atoms with Crippen molar-refractivity contribution in [2.75, 3.05) is 0 Å². The lowest BCUT2D eigenvalue weighted by Gasteiger charge is -2.38. The van der Waals surface area contributed by atoms with E-state index >= 15 is 0 Å². The van der Waals surface area contributed by atoms with Gasteiger partial charge in [-0.2, -0.15) is 10.2 Å². The van der Waals surface area contributed by atoms with E-state index in [0.29, 0.717) is 22.9 Å². The highest BCUT2D eigenvalue weighted by atomic mass is 15.2. The first-order valence-electron chi connectivity index (χ1n) is 10.2. The van der Waals surface area contributed by atoms with E-state index in [4.69, 9.17) is 10.2 Å². The van der Waals surface area contributed by atoms with Gasteiger partial charge in [-0.3, -0.25) is 0 Å². The van der Waals surface area contributed by atoms with Gasteiger partial charge in [0, 0.05) is 0 Å². The third-order valence-corrected chi connectivity index (χ3v) is 7.76. The van der Waals surface area contributed by atoms with Crippen LogP contribution < -0.4 is 0 Å². The number of hydrogen-bond donors (Lipinski definition) is 0. The Labute approximate surface area is 136 Å². The third-order valence-electron chi connectivity index (χ3n) is 7.76. The predicted octanol–water partition coefficient (Wildman–Crippen LogP) is 6.44. The first-order valence-corrected chi connectivity index (χ1v) is 10.2. The lowest BCUT2D eigenvalue weighted by molar-refractivity contribution is 0.151. The van der Waals surface area contributed by atoms with E-state index in [1.54, 1.807) is 0 Å². The second kappa shape index (κ2) is 6.24. The first kappa shape index (κ1) is 15.1. The summed E-state index contributed by atoms with van der Waals surface area (Å²) in [7, 11) is 0. The van der Waals surface area contributed by atoms with Gasteiger partial charge in [-0.25, -0.2) is 0 Å². The smallest absolute Gasteiger partial charge is 0.0764 e. The molecule has 2 spiro atoms. The summed E-state index contributed by atoms with van der Waals surface area (Å²) in [4.78, 5) is 0. The van der Waals surface area contributed by atoms with Crippen LogP contribution in [0.3, 0.4) is 0 Å². The summed E-state index contributed by atoms with van der Waals surface area (Å²) in [6, 6.07) is 1.16. The molecule has 124 valence electrons. The van der Waals surface area contributed by atoms with Crippen LogP contribution in [0.5, 0.6) is 0 Å². The molecule has 0 amide bonds. The van der Waals surface area contributed by atoms with Crippen molar-refractivity contribution in [3.8, 4) is 0 Å². The molecule has 4 aliphatic rings. The van der Waals surface area contributed by atoms with Gasteiger partial charge in [-0.15, -0.1) is 0 Å². The maximum atomic E-state index is 5.06. The molecule has 2 atom stereocenters. The molecule has 0 N–H and O–H groups in total. The molecule has 2 heteroatoms. The van der Waals surface area contributed by atoms with Crippen molar-refractivity contribution in [1.29, 1.82) is 0 Å². The minimum Gasteiger partial charge on any atom is -0.190 e. The van der Waals surface area contributed by atoms with Crippen molar-refractivity contribution < 1.29 is 0 Å². The van der Waals surface area contributed by atoms with Crippen LogP contribution in [0.25, 0.3) is 0 Å². The van der Waals surface area contributed by atoms with Crippen LogP contribution >= 0.6 is 0 Å². The van der Waals surface area contributed by atoms with Gasteiger partial charge < -0.3 is 0 Å². The third kappa shape index (κ3) is 2.65. The van der Waals surface area contributed by atoms with Gasteiger partial charge in [-0.05, 0) is 62.2 Å². The highest BCUT2D eigenvalue weighted by molar-refractivity contribution is 5.00. The number of azo groups is 1. The van der Waals surface area contributed by atoms with Crippen LogP contribution in [-0.2, 0) is 0 Å². The number of nitrogens with zero attached hydrogens (tertiary/aromatic N) is 2. The van der Waals surface area contributed by atoms with Crippen LogP contribution in [0.1, 0.15) is 103 Å². The Morgan fingerprint density at radius 1 is 0.455 bits per heavy atom. The van der Waals surface area contributed by atoms with E-state index in [1.165, 1.54) is 103 Å². The summed E-state index contributed by atoms with van der Waals surface area (Å²) >= 11 is 0. The maximum Gasteiger partial charge on any atom is 0.0764 e. The Hall–Kier alpha value is -0.400. The molecule has 4 saturated carbocycles. The van der Waals surface area contributed by atoms with Crippen molar-refractivity contribution in [2.45, 2.75) is 115 Å². The number of rotatable bonds is 2. The largest absolute Gasteiger partial charge is 0.190 e. The number of hydrogen-bond acceptors (Lipinski definition) is 2. The fourth-order valence-corrected chi connectivity index (χ4v) is 6.44. The molecule has 0 heterocycles. The molecule has 0 aromatic rings. The van der Waals surface area contributed by atoms with Crippen LogP contribution in [0.2, 0.25) is 0 Å². The molecule has 2 nitrogen and oxygen atoms in total. The molecule has 0 aliphatic heterocycles. The predicted molar refractivity (Wildman–Crippen MR) is 91.2 cm³/mol. The van der Waals surface area contributed by atoms with Crippen LogP contribution in [0.15, 0.2) is 10.2 Å². The second-order valence-corrected chi connectivity index (χ2v) is 8.89. The summed E-state index contributed by atoms with van der Waals surface area (Å²) in [5.74, 6) is 0. The zero-order valence-electron chi connectivity index (χ0n) is 14.4. The van der Waals surface area contributed by atoms with Gasteiger partial charge in [-0.1, -0.05) is 51.4 Å². The SMILES string of the molecule is C1CCC2(CC1)CCCC2N=NC1CCCC12CCCCC2. The average molecular weight is 303 g/mol. The first-order chi connectivity index (χ1) is 10.8. The van der Waals surface area contributed by atoms with E-state index in [9.17, 15) is 0 Å². The lowest BCUT2D eigenvalue weighted by atomic mass is 9.70. The molecule has 0 bridgehead atoms. The molecular formula is C20H34N2. The summed E-state index contributed by atoms with van der Waals surface area (Å²) in [5.41, 5.74) is 1.14. The molecule has 0 aromatic heterocycles. The minimum absolute atomic E-state index is 0.570. The Morgan fingerprint density at radius 3 is 1.23 bits per heavy atom. The van der Waals surface area contributed by atoms with Crippen molar-refractivity contribution in [2.24, 2.45) is 21.1 Å². The summed E-state index contributed by atoms with van der Waals surface area (Å²) < 4.78 is 0. The molecule has 0 saturated heterocycles. The molecule has 0 radical (unpaired) electrons. The van der Waals surface area contributed by atoms with E-state index in [1.807, 2.05) is 0 Å². The van der Waals surface area contributed by atoms with E-state index in [-0.39, 0.29) is 0 Å². The van der Waals surface area contributed by atoms with Crippen LogP contribution in [-0.4, -0.2) is 12.1 Å². The Balaban J connectivity index is 1.46. The van der Waals surface area contributed by atoms with E-state index in [2.05, 4.69) is 0 Å². The van der Waals surface area contributed by atoms with Crippen molar-refractivity contribution in [3.63, 3.8) is 0 Å². The monoisotopic (exact) mass is 302 g/mol. The second-order valence-electron chi connectivity index (χ2n) is 8.89. The van der Waals surface area contributed by atoms with Gasteiger partial charge >= 0.3 is 0 Å². The van der Waals surface area contributed by atoms with Gasteiger partial charge in [0.05, 0.1) is 12.1 Å². The van der Waals surface area contributed by atoms with Crippen molar-refractivity contribution in [3.05, 3.63) is 0 Å². The van der Waals surface area contributed by atoms with Gasteiger partial charge in [0.2, 0.25) is 0 Å². The average Bonchev–Trinajstić information content (AvgIpc) is 3.12. The highest BCUT2D eigenvalue weighted by Gasteiger charge is 2.46. The molecular weight excluding hydrogens is 268 g/mol. The van der Waals surface area contributed by atoms with Gasteiger partial charge in [0.1, 0.15) is 0 Å². The van der Waals surface area contributed by atoms with Gasteiger partial charge in [0.15, 0.2) is 0 Å². The lowest BCUT2D eigenvalue weighted by Crippen LogP contribution is -2.33. The van der Waals surface area contributed by atoms with Crippen LogP contribution in [0, 0.1) is 10.8 Å². The summed E-state index contributed by atoms with van der Waals surface area (Å²) in [6.45, 7) is 0. The highest BCUT2D eigenvalue weighted by Crippen LogP contribution is 2.53. The standard InChI is InChI=1S/C20H34N2/c1-3-11-19(12-4-1)15-7-9-17(19)21-22-18-10-8-16-20(18)13-5-2-6-14-20/h17-18H,1-16H2. The quantitative estimate of drug-likeness (QED) is 0.524. The molecule has 22 heavy (non-hydrogen) atoms. The van der Waals surface area contributed by atoms with Gasteiger partial charge in [0.25, 0.3) is 0 Å². The summed E-state index contributed by atoms with van der Waals surface area (Å²) in [5, 5.41) is 10.1. The zero-order chi connectivity index (χ0) is 14.9. The maximum absolute atomic E-state index is 5.06. The minimum atomic E-state index is 0.570. The fraction of sp³-hybridized carbons (Fsp3) is 1.00.